The lowest BCUT2D eigenvalue weighted by molar-refractivity contribution is -0.120. The summed E-state index contributed by atoms with van der Waals surface area (Å²) >= 11 is 0. The molecule has 0 spiro atoms. The van der Waals surface area contributed by atoms with E-state index in [2.05, 4.69) is 6.07 Å². The highest BCUT2D eigenvalue weighted by atomic mass is 19.1. The fraction of sp³-hybridized carbons (Fsp3) is 0.640. The van der Waals surface area contributed by atoms with Gasteiger partial charge in [0.15, 0.2) is 0 Å². The summed E-state index contributed by atoms with van der Waals surface area (Å²) in [6, 6.07) is 7.31. The number of hydrogen-bond acceptors (Lipinski definition) is 3. The van der Waals surface area contributed by atoms with Gasteiger partial charge in [0.2, 0.25) is 0 Å². The zero-order valence-electron chi connectivity index (χ0n) is 18.8. The molecule has 1 aliphatic rings. The maximum absolute atomic E-state index is 14.2. The maximum Gasteiger partial charge on any atom is 0.132 e. The molecule has 162 valence electrons. The zero-order valence-corrected chi connectivity index (χ0v) is 18.8. The van der Waals surface area contributed by atoms with E-state index in [0.29, 0.717) is 36.0 Å². The Morgan fingerprint density at radius 2 is 1.90 bits per heavy atom. The Morgan fingerprint density at radius 1 is 1.31 bits per heavy atom. The van der Waals surface area contributed by atoms with Crippen LogP contribution in [0.4, 0.5) is 4.39 Å². The van der Waals surface area contributed by atoms with Crippen molar-refractivity contribution in [1.82, 2.24) is 0 Å². The number of ketones is 1. The van der Waals surface area contributed by atoms with Crippen LogP contribution in [-0.4, -0.2) is 12.1 Å². The minimum Gasteiger partial charge on any atom is -0.304 e. The number of halogens is 1. The molecule has 0 heterocycles. The first-order valence-electron chi connectivity index (χ1n) is 11.1. The normalized spacial score (nSPS) is 15.1. The van der Waals surface area contributed by atoms with Gasteiger partial charge in [-0.1, -0.05) is 58.6 Å². The van der Waals surface area contributed by atoms with Gasteiger partial charge in [0.05, 0.1) is 12.0 Å². The van der Waals surface area contributed by atoms with Crippen LogP contribution in [0, 0.1) is 29.0 Å². The standard InChI is InChI=1S/C21H28FNO.C2H4O.C2H6/c1-3-19(24)13-18(17-6-4-5-7-17)10-8-16-9-11-20(15(2)14-23)21(22)12-16;1-2-3;1-2/h9,11-12,15,17-18H,3-8,10,13H2,1-2H3;2H,1H3;1-2H3. The molecule has 1 aromatic carbocycles. The Kier molecular flexibility index (Phi) is 14.7. The van der Waals surface area contributed by atoms with Crippen molar-refractivity contribution in [1.29, 1.82) is 5.26 Å². The highest BCUT2D eigenvalue weighted by molar-refractivity contribution is 5.78. The Hall–Kier alpha value is -2.02. The molecule has 1 saturated carbocycles. The lowest BCUT2D eigenvalue weighted by Gasteiger charge is -2.23. The predicted octanol–water partition coefficient (Wildman–Crippen LogP) is 6.79. The molecular formula is C25H38FNO2. The zero-order chi connectivity index (χ0) is 22.2. The molecule has 0 aliphatic heterocycles. The summed E-state index contributed by atoms with van der Waals surface area (Å²) in [7, 11) is 0. The minimum atomic E-state index is -0.424. The monoisotopic (exact) mass is 403 g/mol. The Bertz CT molecular complexity index is 645. The molecule has 0 radical (unpaired) electrons. The SMILES string of the molecule is CC.CC=O.CCC(=O)CC(CCc1ccc(C(C)C#N)c(F)c1)C1CCCC1. The van der Waals surface area contributed by atoms with Gasteiger partial charge in [0, 0.05) is 18.4 Å². The summed E-state index contributed by atoms with van der Waals surface area (Å²) in [5.74, 6) is 0.719. The van der Waals surface area contributed by atoms with E-state index in [4.69, 9.17) is 10.1 Å². The van der Waals surface area contributed by atoms with E-state index in [1.165, 1.54) is 32.6 Å². The summed E-state index contributed by atoms with van der Waals surface area (Å²) in [6.07, 6.45) is 8.79. The first-order valence-corrected chi connectivity index (χ1v) is 11.1. The van der Waals surface area contributed by atoms with E-state index in [-0.39, 0.29) is 5.82 Å². The van der Waals surface area contributed by atoms with Gasteiger partial charge in [-0.3, -0.25) is 4.79 Å². The molecule has 3 nitrogen and oxygen atoms in total. The topological polar surface area (TPSA) is 57.9 Å². The molecule has 0 aromatic heterocycles. The van der Waals surface area contributed by atoms with Crippen molar-refractivity contribution in [2.75, 3.05) is 0 Å². The number of aldehydes is 1. The van der Waals surface area contributed by atoms with Gasteiger partial charge in [-0.05, 0) is 50.2 Å². The average Bonchev–Trinajstić information content (AvgIpc) is 3.27. The van der Waals surface area contributed by atoms with Gasteiger partial charge in [-0.2, -0.15) is 5.26 Å². The van der Waals surface area contributed by atoms with Crippen molar-refractivity contribution in [2.24, 2.45) is 11.8 Å². The van der Waals surface area contributed by atoms with Crippen LogP contribution >= 0.6 is 0 Å². The van der Waals surface area contributed by atoms with Crippen molar-refractivity contribution < 1.29 is 14.0 Å². The van der Waals surface area contributed by atoms with Crippen molar-refractivity contribution >= 4 is 12.1 Å². The number of nitriles is 1. The number of carbonyl (C=O) groups excluding carboxylic acids is 2. The fourth-order valence-electron chi connectivity index (χ4n) is 3.87. The van der Waals surface area contributed by atoms with Gasteiger partial charge < -0.3 is 4.79 Å². The van der Waals surface area contributed by atoms with Crippen molar-refractivity contribution in [3.05, 3.63) is 35.1 Å². The van der Waals surface area contributed by atoms with Crippen LogP contribution < -0.4 is 0 Å². The summed E-state index contributed by atoms with van der Waals surface area (Å²) < 4.78 is 14.2. The molecule has 2 unspecified atom stereocenters. The van der Waals surface area contributed by atoms with E-state index in [9.17, 15) is 9.18 Å². The summed E-state index contributed by atoms with van der Waals surface area (Å²) in [5, 5.41) is 8.94. The molecule has 1 aromatic rings. The van der Waals surface area contributed by atoms with E-state index in [1.807, 2.05) is 26.8 Å². The summed E-state index contributed by atoms with van der Waals surface area (Å²) in [5.41, 5.74) is 1.43. The van der Waals surface area contributed by atoms with Crippen LogP contribution in [0.2, 0.25) is 0 Å². The van der Waals surface area contributed by atoms with Gasteiger partial charge >= 0.3 is 0 Å². The predicted molar refractivity (Wildman–Crippen MR) is 117 cm³/mol. The third-order valence-electron chi connectivity index (χ3n) is 5.48. The molecule has 0 N–H and O–H groups in total. The van der Waals surface area contributed by atoms with E-state index < -0.39 is 5.92 Å². The first-order chi connectivity index (χ1) is 14.0. The number of carbonyl (C=O) groups is 2. The molecule has 2 rings (SSSR count). The number of benzene rings is 1. The molecule has 29 heavy (non-hydrogen) atoms. The quantitative estimate of drug-likeness (QED) is 0.449. The Morgan fingerprint density at radius 3 is 2.38 bits per heavy atom. The summed E-state index contributed by atoms with van der Waals surface area (Å²) in [4.78, 5) is 20.7. The highest BCUT2D eigenvalue weighted by Gasteiger charge is 2.26. The van der Waals surface area contributed by atoms with Crippen molar-refractivity contribution in [3.63, 3.8) is 0 Å². The average molecular weight is 404 g/mol. The lowest BCUT2D eigenvalue weighted by Crippen LogP contribution is -2.17. The van der Waals surface area contributed by atoms with Gasteiger partial charge in [0.1, 0.15) is 17.9 Å². The van der Waals surface area contributed by atoms with Crippen molar-refractivity contribution in [3.8, 4) is 6.07 Å². The molecule has 1 fully saturated rings. The smallest absolute Gasteiger partial charge is 0.132 e. The second kappa shape index (κ2) is 15.9. The van der Waals surface area contributed by atoms with Crippen LogP contribution in [0.25, 0.3) is 0 Å². The van der Waals surface area contributed by atoms with Crippen LogP contribution in [-0.2, 0) is 16.0 Å². The van der Waals surface area contributed by atoms with Crippen LogP contribution in [0.1, 0.15) is 96.6 Å². The number of aryl methyl sites for hydroxylation is 1. The van der Waals surface area contributed by atoms with E-state index >= 15 is 0 Å². The third kappa shape index (κ3) is 9.83. The van der Waals surface area contributed by atoms with Gasteiger partial charge in [0.25, 0.3) is 0 Å². The Labute approximate surface area is 176 Å². The van der Waals surface area contributed by atoms with Gasteiger partial charge in [-0.15, -0.1) is 0 Å². The fourth-order valence-corrected chi connectivity index (χ4v) is 3.87. The molecule has 0 bridgehead atoms. The largest absolute Gasteiger partial charge is 0.304 e. The number of Topliss-reactive ketones (excluding diaryl/α,β-unsaturated/α-hetero) is 1. The number of hydrogen-bond donors (Lipinski definition) is 0. The molecule has 0 amide bonds. The molecule has 2 atom stereocenters. The van der Waals surface area contributed by atoms with Gasteiger partial charge in [-0.25, -0.2) is 4.39 Å². The van der Waals surface area contributed by atoms with Crippen LogP contribution in [0.15, 0.2) is 18.2 Å². The summed E-state index contributed by atoms with van der Waals surface area (Å²) in [6.45, 7) is 9.09. The maximum atomic E-state index is 14.2. The van der Waals surface area contributed by atoms with Crippen LogP contribution in [0.5, 0.6) is 0 Å². The minimum absolute atomic E-state index is 0.288. The molecule has 1 aliphatic carbocycles. The number of rotatable bonds is 8. The second-order valence-corrected chi connectivity index (χ2v) is 7.38. The molecule has 0 saturated heterocycles. The first kappa shape index (κ1) is 27.0. The molecule has 4 heteroatoms. The number of nitrogens with zero attached hydrogens (tertiary/aromatic N) is 1. The van der Waals surface area contributed by atoms with E-state index in [0.717, 1.165) is 24.7 Å². The second-order valence-electron chi connectivity index (χ2n) is 7.38. The van der Waals surface area contributed by atoms with E-state index in [1.54, 1.807) is 19.1 Å². The highest BCUT2D eigenvalue weighted by Crippen LogP contribution is 2.36. The van der Waals surface area contributed by atoms with Crippen molar-refractivity contribution in [2.45, 2.75) is 91.9 Å². The lowest BCUT2D eigenvalue weighted by atomic mass is 9.82. The van der Waals surface area contributed by atoms with Crippen LogP contribution in [0.3, 0.4) is 0 Å². The third-order valence-corrected chi connectivity index (χ3v) is 5.48. The molecular weight excluding hydrogens is 365 g/mol. The Balaban J connectivity index is 0.00000143.